The number of hydrogen-bond donors (Lipinski definition) is 1. The molecular weight excluding hydrogens is 286 g/mol. The first-order valence-electron chi connectivity index (χ1n) is 6.41. The zero-order chi connectivity index (χ0) is 15.5. The average Bonchev–Trinajstić information content (AvgIpc) is 2.81. The van der Waals surface area contributed by atoms with Gasteiger partial charge in [0.1, 0.15) is 5.82 Å². The van der Waals surface area contributed by atoms with Gasteiger partial charge in [-0.15, -0.1) is 0 Å². The van der Waals surface area contributed by atoms with Crippen LogP contribution < -0.4 is 5.32 Å². The van der Waals surface area contributed by atoms with Crippen LogP contribution in [0.5, 0.6) is 0 Å². The highest BCUT2D eigenvalue weighted by Crippen LogP contribution is 2.31. The van der Waals surface area contributed by atoms with Crippen molar-refractivity contribution in [2.45, 2.75) is 19.1 Å². The molecule has 0 spiro atoms. The van der Waals surface area contributed by atoms with Crippen LogP contribution in [0.25, 0.3) is 0 Å². The first-order valence-corrected chi connectivity index (χ1v) is 6.41. The summed E-state index contributed by atoms with van der Waals surface area (Å²) >= 11 is 0. The minimum absolute atomic E-state index is 0.251. The number of nitrogens with zero attached hydrogens (tertiary/aromatic N) is 2. The topological polar surface area (TPSA) is 29.9 Å². The maximum Gasteiger partial charge on any atom is 0.419 e. The van der Waals surface area contributed by atoms with E-state index in [1.54, 1.807) is 10.9 Å². The second-order valence-electron chi connectivity index (χ2n) is 4.68. The van der Waals surface area contributed by atoms with Gasteiger partial charge >= 0.3 is 6.18 Å². The number of aromatic nitrogens is 2. The van der Waals surface area contributed by atoms with Gasteiger partial charge in [0, 0.05) is 38.4 Å². The molecule has 2 aromatic rings. The molecule has 21 heavy (non-hydrogen) atoms. The van der Waals surface area contributed by atoms with Gasteiger partial charge in [-0.1, -0.05) is 6.07 Å². The van der Waals surface area contributed by atoms with Crippen molar-refractivity contribution in [1.29, 1.82) is 0 Å². The molecule has 114 valence electrons. The van der Waals surface area contributed by atoms with E-state index in [0.29, 0.717) is 18.5 Å². The monoisotopic (exact) mass is 301 g/mol. The molecule has 0 saturated carbocycles. The standard InChI is InChI=1S/C14H15F4N3/c1-21-11(5-7-20-21)4-6-19-9-10-2-3-13(15)12(8-10)14(16,17)18/h2-3,5,7-8,19H,4,6,9H2,1H3. The normalized spacial score (nSPS) is 11.9. The lowest BCUT2D eigenvalue weighted by Crippen LogP contribution is -2.18. The quantitative estimate of drug-likeness (QED) is 0.680. The number of aryl methyl sites for hydroxylation is 1. The molecule has 0 amide bonds. The summed E-state index contributed by atoms with van der Waals surface area (Å²) < 4.78 is 52.6. The number of halogens is 4. The van der Waals surface area contributed by atoms with E-state index in [2.05, 4.69) is 10.4 Å². The Kier molecular flexibility index (Phi) is 4.62. The summed E-state index contributed by atoms with van der Waals surface area (Å²) in [6, 6.07) is 4.91. The van der Waals surface area contributed by atoms with Gasteiger partial charge in [-0.25, -0.2) is 4.39 Å². The van der Waals surface area contributed by atoms with Gasteiger partial charge in [0.05, 0.1) is 5.56 Å². The summed E-state index contributed by atoms with van der Waals surface area (Å²) in [5, 5.41) is 7.06. The molecule has 0 bridgehead atoms. The molecule has 2 rings (SSSR count). The fourth-order valence-electron chi connectivity index (χ4n) is 2.00. The molecule has 0 atom stereocenters. The highest BCUT2D eigenvalue weighted by molar-refractivity contribution is 5.27. The van der Waals surface area contributed by atoms with Crippen LogP contribution in [-0.2, 0) is 26.2 Å². The second-order valence-corrected chi connectivity index (χ2v) is 4.68. The largest absolute Gasteiger partial charge is 0.419 e. The number of benzene rings is 1. The molecule has 0 fully saturated rings. The van der Waals surface area contributed by atoms with E-state index in [9.17, 15) is 17.6 Å². The van der Waals surface area contributed by atoms with E-state index in [4.69, 9.17) is 0 Å². The Balaban J connectivity index is 1.90. The fraction of sp³-hybridized carbons (Fsp3) is 0.357. The predicted octanol–water partition coefficient (Wildman–Crippen LogP) is 2.91. The summed E-state index contributed by atoms with van der Waals surface area (Å²) in [5.41, 5.74) is 0.194. The van der Waals surface area contributed by atoms with Crippen molar-refractivity contribution in [3.63, 3.8) is 0 Å². The van der Waals surface area contributed by atoms with Crippen LogP contribution >= 0.6 is 0 Å². The molecule has 7 heteroatoms. The van der Waals surface area contributed by atoms with Crippen LogP contribution in [0.1, 0.15) is 16.8 Å². The second kappa shape index (κ2) is 6.26. The first kappa shape index (κ1) is 15.5. The third-order valence-corrected chi connectivity index (χ3v) is 3.15. The number of hydrogen-bond acceptors (Lipinski definition) is 2. The molecule has 0 radical (unpaired) electrons. The Labute approximate surface area is 119 Å². The van der Waals surface area contributed by atoms with E-state index in [0.717, 1.165) is 17.8 Å². The molecule has 1 N–H and O–H groups in total. The highest BCUT2D eigenvalue weighted by atomic mass is 19.4. The van der Waals surface area contributed by atoms with Crippen LogP contribution in [0.4, 0.5) is 17.6 Å². The lowest BCUT2D eigenvalue weighted by atomic mass is 10.1. The van der Waals surface area contributed by atoms with Crippen LogP contribution in [0.3, 0.4) is 0 Å². The maximum atomic E-state index is 13.1. The fourth-order valence-corrected chi connectivity index (χ4v) is 2.00. The van der Waals surface area contributed by atoms with Gasteiger partial charge in [0.2, 0.25) is 0 Å². The Morgan fingerprint density at radius 3 is 2.62 bits per heavy atom. The highest BCUT2D eigenvalue weighted by Gasteiger charge is 2.34. The third kappa shape index (κ3) is 4.04. The Bertz CT molecular complexity index is 605. The molecule has 1 aromatic heterocycles. The maximum absolute atomic E-state index is 13.1. The number of rotatable bonds is 5. The van der Waals surface area contributed by atoms with Crippen molar-refractivity contribution in [2.24, 2.45) is 7.05 Å². The summed E-state index contributed by atoms with van der Waals surface area (Å²) in [6.07, 6.45) is -2.27. The Morgan fingerprint density at radius 1 is 1.24 bits per heavy atom. The van der Waals surface area contributed by atoms with Crippen LogP contribution in [0, 0.1) is 5.82 Å². The number of alkyl halides is 3. The molecule has 0 unspecified atom stereocenters. The smallest absolute Gasteiger partial charge is 0.312 e. The van der Waals surface area contributed by atoms with Gasteiger partial charge in [-0.05, 0) is 23.8 Å². The zero-order valence-corrected chi connectivity index (χ0v) is 11.4. The minimum atomic E-state index is -4.67. The van der Waals surface area contributed by atoms with Gasteiger partial charge < -0.3 is 5.32 Å². The lowest BCUT2D eigenvalue weighted by molar-refractivity contribution is -0.140. The zero-order valence-electron chi connectivity index (χ0n) is 11.4. The molecule has 1 heterocycles. The minimum Gasteiger partial charge on any atom is -0.312 e. The van der Waals surface area contributed by atoms with Gasteiger partial charge in [0.15, 0.2) is 0 Å². The van der Waals surface area contributed by atoms with E-state index in [1.807, 2.05) is 13.1 Å². The van der Waals surface area contributed by atoms with Crippen molar-refractivity contribution in [1.82, 2.24) is 15.1 Å². The van der Waals surface area contributed by atoms with E-state index in [1.165, 1.54) is 6.07 Å². The molecule has 0 aliphatic carbocycles. The SMILES string of the molecule is Cn1nccc1CCNCc1ccc(F)c(C(F)(F)F)c1. The van der Waals surface area contributed by atoms with Crippen LogP contribution in [-0.4, -0.2) is 16.3 Å². The van der Waals surface area contributed by atoms with E-state index >= 15 is 0 Å². The summed E-state index contributed by atoms with van der Waals surface area (Å²) in [7, 11) is 1.82. The van der Waals surface area contributed by atoms with Crippen molar-refractivity contribution in [2.75, 3.05) is 6.54 Å². The van der Waals surface area contributed by atoms with Crippen molar-refractivity contribution < 1.29 is 17.6 Å². The first-order chi connectivity index (χ1) is 9.88. The Morgan fingerprint density at radius 2 is 2.00 bits per heavy atom. The summed E-state index contributed by atoms with van der Waals surface area (Å²) in [6.45, 7) is 0.847. The lowest BCUT2D eigenvalue weighted by Gasteiger charge is -2.11. The molecular formula is C14H15F4N3. The van der Waals surface area contributed by atoms with Crippen molar-refractivity contribution in [3.8, 4) is 0 Å². The van der Waals surface area contributed by atoms with Crippen molar-refractivity contribution >= 4 is 0 Å². The van der Waals surface area contributed by atoms with Crippen LogP contribution in [0.15, 0.2) is 30.5 Å². The van der Waals surface area contributed by atoms with Gasteiger partial charge in [0.25, 0.3) is 0 Å². The molecule has 3 nitrogen and oxygen atoms in total. The molecule has 0 aliphatic heterocycles. The van der Waals surface area contributed by atoms with Gasteiger partial charge in [-0.2, -0.15) is 18.3 Å². The summed E-state index contributed by atoms with van der Waals surface area (Å²) in [5.74, 6) is -1.25. The Hall–Kier alpha value is -1.89. The molecule has 0 aliphatic rings. The average molecular weight is 301 g/mol. The number of nitrogens with one attached hydrogen (secondary N) is 1. The van der Waals surface area contributed by atoms with E-state index in [-0.39, 0.29) is 6.54 Å². The van der Waals surface area contributed by atoms with Crippen molar-refractivity contribution in [3.05, 3.63) is 53.1 Å². The summed E-state index contributed by atoms with van der Waals surface area (Å²) in [4.78, 5) is 0. The van der Waals surface area contributed by atoms with Gasteiger partial charge in [-0.3, -0.25) is 4.68 Å². The third-order valence-electron chi connectivity index (χ3n) is 3.15. The predicted molar refractivity (Wildman–Crippen MR) is 70.0 cm³/mol. The van der Waals surface area contributed by atoms with Crippen LogP contribution in [0.2, 0.25) is 0 Å². The van der Waals surface area contributed by atoms with E-state index < -0.39 is 17.6 Å². The molecule has 0 saturated heterocycles. The molecule has 1 aromatic carbocycles.